The zero-order valence-electron chi connectivity index (χ0n) is 10.1. The maximum atomic E-state index is 13.3. The summed E-state index contributed by atoms with van der Waals surface area (Å²) in [5.74, 6) is -0.679. The Kier molecular flexibility index (Phi) is 4.87. The minimum absolute atomic E-state index is 0.195. The summed E-state index contributed by atoms with van der Waals surface area (Å²) in [7, 11) is 0. The molecule has 0 amide bonds. The average Bonchev–Trinajstić information content (AvgIpc) is 2.21. The molecular weight excluding hydrogens is 208 g/mol. The van der Waals surface area contributed by atoms with Gasteiger partial charge in [0.25, 0.3) is 0 Å². The molecular formula is C13H19F2N. The molecule has 1 aromatic rings. The molecule has 0 spiro atoms. The summed E-state index contributed by atoms with van der Waals surface area (Å²) in [5, 5.41) is 3.26. The summed E-state index contributed by atoms with van der Waals surface area (Å²) >= 11 is 0. The monoisotopic (exact) mass is 227 g/mol. The van der Waals surface area contributed by atoms with Crippen LogP contribution in [0.25, 0.3) is 0 Å². The molecule has 0 saturated heterocycles. The lowest BCUT2D eigenvalue weighted by Gasteiger charge is -2.15. The van der Waals surface area contributed by atoms with Gasteiger partial charge < -0.3 is 5.32 Å². The van der Waals surface area contributed by atoms with Gasteiger partial charge in [0.1, 0.15) is 11.6 Å². The maximum absolute atomic E-state index is 13.3. The summed E-state index contributed by atoms with van der Waals surface area (Å²) in [6.45, 7) is 6.86. The minimum atomic E-state index is -0.448. The van der Waals surface area contributed by atoms with E-state index in [1.54, 1.807) is 0 Å². The van der Waals surface area contributed by atoms with Crippen LogP contribution in [0.5, 0.6) is 0 Å². The average molecular weight is 227 g/mol. The summed E-state index contributed by atoms with van der Waals surface area (Å²) in [6, 6.07) is 4.40. The summed E-state index contributed by atoms with van der Waals surface area (Å²) in [4.78, 5) is 0. The molecule has 0 aromatic heterocycles. The fourth-order valence-corrected chi connectivity index (χ4v) is 1.58. The molecule has 0 aliphatic heterocycles. The largest absolute Gasteiger partial charge is 0.314 e. The zero-order chi connectivity index (χ0) is 12.1. The highest BCUT2D eigenvalue weighted by atomic mass is 19.1. The van der Waals surface area contributed by atoms with Crippen molar-refractivity contribution >= 4 is 0 Å². The molecule has 1 N–H and O–H groups in total. The lowest BCUT2D eigenvalue weighted by atomic mass is 10.00. The Morgan fingerprint density at radius 3 is 2.19 bits per heavy atom. The van der Waals surface area contributed by atoms with Crippen molar-refractivity contribution in [3.63, 3.8) is 0 Å². The van der Waals surface area contributed by atoms with E-state index >= 15 is 0 Å². The van der Waals surface area contributed by atoms with Crippen molar-refractivity contribution in [2.45, 2.75) is 33.2 Å². The third-order valence-corrected chi connectivity index (χ3v) is 2.49. The van der Waals surface area contributed by atoms with Crippen LogP contribution in [-0.2, 0) is 6.42 Å². The molecule has 0 bridgehead atoms. The van der Waals surface area contributed by atoms with E-state index in [0.717, 1.165) is 6.54 Å². The van der Waals surface area contributed by atoms with Crippen LogP contribution < -0.4 is 5.32 Å². The number of nitrogens with one attached hydrogen (secondary N) is 1. The first-order chi connectivity index (χ1) is 7.50. The first-order valence-corrected chi connectivity index (χ1v) is 5.67. The molecule has 0 aliphatic carbocycles. The topological polar surface area (TPSA) is 12.0 Å². The predicted octanol–water partition coefficient (Wildman–Crippen LogP) is 3.14. The van der Waals surface area contributed by atoms with E-state index in [4.69, 9.17) is 0 Å². The van der Waals surface area contributed by atoms with Gasteiger partial charge in [0.2, 0.25) is 0 Å². The van der Waals surface area contributed by atoms with Gasteiger partial charge in [-0.05, 0) is 31.0 Å². The predicted molar refractivity (Wildman–Crippen MR) is 62.4 cm³/mol. The highest BCUT2D eigenvalue weighted by Gasteiger charge is 2.12. The van der Waals surface area contributed by atoms with Crippen LogP contribution in [0.1, 0.15) is 26.3 Å². The Balaban J connectivity index is 2.59. The Bertz CT molecular complexity index is 316. The van der Waals surface area contributed by atoms with Gasteiger partial charge in [0, 0.05) is 11.6 Å². The second-order valence-electron chi connectivity index (χ2n) is 4.57. The van der Waals surface area contributed by atoms with Crippen molar-refractivity contribution in [1.82, 2.24) is 5.32 Å². The van der Waals surface area contributed by atoms with Crippen molar-refractivity contribution in [2.24, 2.45) is 5.92 Å². The van der Waals surface area contributed by atoms with E-state index in [2.05, 4.69) is 19.2 Å². The molecule has 0 heterocycles. The van der Waals surface area contributed by atoms with Gasteiger partial charge in [-0.3, -0.25) is 0 Å². The lowest BCUT2D eigenvalue weighted by Crippen LogP contribution is -2.28. The fraction of sp³-hybridized carbons (Fsp3) is 0.538. The molecule has 0 aliphatic rings. The maximum Gasteiger partial charge on any atom is 0.129 e. The van der Waals surface area contributed by atoms with Gasteiger partial charge >= 0.3 is 0 Å². The van der Waals surface area contributed by atoms with E-state index in [9.17, 15) is 8.78 Å². The molecule has 90 valence electrons. The van der Waals surface area contributed by atoms with Gasteiger partial charge in [-0.15, -0.1) is 0 Å². The van der Waals surface area contributed by atoms with Crippen LogP contribution in [-0.4, -0.2) is 12.6 Å². The Morgan fingerprint density at radius 2 is 1.69 bits per heavy atom. The van der Waals surface area contributed by atoms with E-state index < -0.39 is 11.6 Å². The molecule has 0 fully saturated rings. The molecule has 1 aromatic carbocycles. The number of hydrogen-bond acceptors (Lipinski definition) is 1. The molecule has 3 heteroatoms. The Morgan fingerprint density at radius 1 is 1.12 bits per heavy atom. The Labute approximate surface area is 95.9 Å². The lowest BCUT2D eigenvalue weighted by molar-refractivity contribution is 0.455. The SMILES string of the molecule is CC(CNC(C)C)Cc1c(F)cccc1F. The third kappa shape index (κ3) is 3.89. The van der Waals surface area contributed by atoms with Crippen molar-refractivity contribution in [2.75, 3.05) is 6.54 Å². The van der Waals surface area contributed by atoms with Crippen LogP contribution in [0, 0.1) is 17.6 Å². The van der Waals surface area contributed by atoms with E-state index in [1.165, 1.54) is 18.2 Å². The smallest absolute Gasteiger partial charge is 0.129 e. The number of halogens is 2. The van der Waals surface area contributed by atoms with E-state index in [-0.39, 0.29) is 11.5 Å². The fourth-order valence-electron chi connectivity index (χ4n) is 1.58. The van der Waals surface area contributed by atoms with Crippen molar-refractivity contribution in [3.05, 3.63) is 35.4 Å². The zero-order valence-corrected chi connectivity index (χ0v) is 10.1. The highest BCUT2D eigenvalue weighted by Crippen LogP contribution is 2.16. The van der Waals surface area contributed by atoms with Crippen molar-refractivity contribution in [1.29, 1.82) is 0 Å². The van der Waals surface area contributed by atoms with Crippen LogP contribution in [0.4, 0.5) is 8.78 Å². The molecule has 1 atom stereocenters. The van der Waals surface area contributed by atoms with Crippen LogP contribution in [0.15, 0.2) is 18.2 Å². The molecule has 1 rings (SSSR count). The van der Waals surface area contributed by atoms with Gasteiger partial charge in [-0.2, -0.15) is 0 Å². The van der Waals surface area contributed by atoms with Gasteiger partial charge in [0.15, 0.2) is 0 Å². The van der Waals surface area contributed by atoms with Gasteiger partial charge in [0.05, 0.1) is 0 Å². The standard InChI is InChI=1S/C13H19F2N/c1-9(2)16-8-10(3)7-11-12(14)5-4-6-13(11)15/h4-6,9-10,16H,7-8H2,1-3H3. The second kappa shape index (κ2) is 5.94. The van der Waals surface area contributed by atoms with E-state index in [1.807, 2.05) is 6.92 Å². The third-order valence-electron chi connectivity index (χ3n) is 2.49. The van der Waals surface area contributed by atoms with Gasteiger partial charge in [-0.1, -0.05) is 26.8 Å². The first-order valence-electron chi connectivity index (χ1n) is 5.67. The number of rotatable bonds is 5. The van der Waals surface area contributed by atoms with E-state index in [0.29, 0.717) is 12.5 Å². The summed E-state index contributed by atoms with van der Waals surface area (Å²) in [6.07, 6.45) is 0.429. The minimum Gasteiger partial charge on any atom is -0.314 e. The number of hydrogen-bond donors (Lipinski definition) is 1. The van der Waals surface area contributed by atoms with Gasteiger partial charge in [-0.25, -0.2) is 8.78 Å². The van der Waals surface area contributed by atoms with Crippen LogP contribution in [0.2, 0.25) is 0 Å². The molecule has 0 saturated carbocycles. The number of benzene rings is 1. The van der Waals surface area contributed by atoms with Crippen molar-refractivity contribution < 1.29 is 8.78 Å². The normalized spacial score (nSPS) is 13.1. The molecule has 0 radical (unpaired) electrons. The quantitative estimate of drug-likeness (QED) is 0.814. The Hall–Kier alpha value is -0.960. The molecule has 1 unspecified atom stereocenters. The van der Waals surface area contributed by atoms with Crippen LogP contribution in [0.3, 0.4) is 0 Å². The second-order valence-corrected chi connectivity index (χ2v) is 4.57. The summed E-state index contributed by atoms with van der Waals surface area (Å²) < 4.78 is 26.7. The first kappa shape index (κ1) is 13.1. The van der Waals surface area contributed by atoms with Crippen molar-refractivity contribution in [3.8, 4) is 0 Å². The highest BCUT2D eigenvalue weighted by molar-refractivity contribution is 5.20. The summed E-state index contributed by atoms with van der Waals surface area (Å²) in [5.41, 5.74) is 0.195. The van der Waals surface area contributed by atoms with Crippen LogP contribution >= 0.6 is 0 Å². The molecule has 1 nitrogen and oxygen atoms in total. The molecule has 16 heavy (non-hydrogen) atoms.